The third-order valence-electron chi connectivity index (χ3n) is 6.20. The fraction of sp³-hybridized carbons (Fsp3) is 0.760. The molecule has 158 valence electrons. The average Bonchev–Trinajstić information content (AvgIpc) is 2.72. The molecule has 0 amide bonds. The molecule has 0 N–H and O–H groups in total. The van der Waals surface area contributed by atoms with Gasteiger partial charge in [-0.25, -0.2) is 0 Å². The van der Waals surface area contributed by atoms with Crippen molar-refractivity contribution in [2.45, 2.75) is 110 Å². The Labute approximate surface area is 172 Å². The van der Waals surface area contributed by atoms with E-state index in [2.05, 4.69) is 18.8 Å². The number of carbonyl (C=O) groups excluding carboxylic acids is 1. The van der Waals surface area contributed by atoms with Crippen LogP contribution in [-0.4, -0.2) is 11.0 Å². The molecule has 1 aromatic heterocycles. The highest BCUT2D eigenvalue weighted by Crippen LogP contribution is 2.33. The second-order valence-corrected chi connectivity index (χ2v) is 8.64. The molecule has 28 heavy (non-hydrogen) atoms. The van der Waals surface area contributed by atoms with Crippen LogP contribution in [0.1, 0.15) is 109 Å². The number of hydrogen-bond acceptors (Lipinski definition) is 3. The van der Waals surface area contributed by atoms with Gasteiger partial charge in [-0.1, -0.05) is 71.6 Å². The number of pyridine rings is 1. The molecule has 0 aromatic carbocycles. The Hall–Kier alpha value is -1.38. The number of carbonyl (C=O) groups is 1. The summed E-state index contributed by atoms with van der Waals surface area (Å²) < 4.78 is 5.61. The minimum Gasteiger partial charge on any atom is -0.425 e. The number of aromatic nitrogens is 1. The van der Waals surface area contributed by atoms with Gasteiger partial charge in [0.15, 0.2) is 0 Å². The van der Waals surface area contributed by atoms with Crippen LogP contribution in [0, 0.1) is 11.8 Å². The molecule has 0 bridgehead atoms. The minimum absolute atomic E-state index is 0.0566. The Kier molecular flexibility index (Phi) is 11.2. The number of unbranched alkanes of at least 4 members (excludes halogenated alkanes) is 7. The molecule has 1 heterocycles. The molecule has 3 nitrogen and oxygen atoms in total. The van der Waals surface area contributed by atoms with Gasteiger partial charge in [-0.05, 0) is 56.6 Å². The van der Waals surface area contributed by atoms with Crippen LogP contribution < -0.4 is 4.74 Å². The van der Waals surface area contributed by atoms with Gasteiger partial charge in [-0.2, -0.15) is 0 Å². The van der Waals surface area contributed by atoms with Crippen molar-refractivity contribution in [3.05, 3.63) is 24.0 Å². The van der Waals surface area contributed by atoms with Crippen LogP contribution in [0.5, 0.6) is 5.75 Å². The molecule has 1 aromatic rings. The van der Waals surface area contributed by atoms with Gasteiger partial charge in [-0.3, -0.25) is 9.78 Å². The van der Waals surface area contributed by atoms with E-state index in [1.807, 2.05) is 12.1 Å². The summed E-state index contributed by atoms with van der Waals surface area (Å²) in [6, 6.07) is 3.91. The Bertz CT molecular complexity index is 532. The monoisotopic (exact) mass is 387 g/mol. The minimum atomic E-state index is -0.0566. The summed E-state index contributed by atoms with van der Waals surface area (Å²) >= 11 is 0. The molecule has 1 aliphatic carbocycles. The summed E-state index contributed by atoms with van der Waals surface area (Å²) in [6.07, 6.45) is 20.2. The standard InChI is InChI=1S/C25H41NO2/c1-3-5-7-9-10-12-21-14-16-22(17-15-21)25(27)28-24-19-18-23(26-20-24)13-11-8-6-4-2/h18-22H,3-17H2,1-2H3. The lowest BCUT2D eigenvalue weighted by Gasteiger charge is -2.27. The maximum atomic E-state index is 12.5. The summed E-state index contributed by atoms with van der Waals surface area (Å²) in [7, 11) is 0. The molecule has 1 aliphatic rings. The number of nitrogens with zero attached hydrogens (tertiary/aromatic N) is 1. The van der Waals surface area contributed by atoms with E-state index in [-0.39, 0.29) is 11.9 Å². The summed E-state index contributed by atoms with van der Waals surface area (Å²) in [6.45, 7) is 4.49. The van der Waals surface area contributed by atoms with Gasteiger partial charge in [0.25, 0.3) is 0 Å². The quantitative estimate of drug-likeness (QED) is 0.264. The predicted octanol–water partition coefficient (Wildman–Crippen LogP) is 7.28. The third-order valence-corrected chi connectivity index (χ3v) is 6.20. The molecule has 0 saturated heterocycles. The number of ether oxygens (including phenoxy) is 1. The van der Waals surface area contributed by atoms with Gasteiger partial charge >= 0.3 is 5.97 Å². The Balaban J connectivity index is 1.64. The number of hydrogen-bond donors (Lipinski definition) is 0. The summed E-state index contributed by atoms with van der Waals surface area (Å²) in [4.78, 5) is 16.9. The summed E-state index contributed by atoms with van der Waals surface area (Å²) in [5, 5.41) is 0. The fourth-order valence-electron chi connectivity index (χ4n) is 4.27. The van der Waals surface area contributed by atoms with Crippen molar-refractivity contribution in [1.82, 2.24) is 4.98 Å². The molecule has 1 saturated carbocycles. The lowest BCUT2D eigenvalue weighted by molar-refractivity contribution is -0.140. The van der Waals surface area contributed by atoms with Gasteiger partial charge in [0.2, 0.25) is 0 Å². The van der Waals surface area contributed by atoms with Gasteiger partial charge in [0.1, 0.15) is 5.75 Å². The molecule has 0 atom stereocenters. The van der Waals surface area contributed by atoms with Gasteiger partial charge in [0, 0.05) is 5.69 Å². The molecule has 2 rings (SSSR count). The zero-order valence-electron chi connectivity index (χ0n) is 18.3. The van der Waals surface area contributed by atoms with E-state index in [4.69, 9.17) is 4.74 Å². The smallest absolute Gasteiger partial charge is 0.314 e. The normalized spacial score (nSPS) is 19.5. The van der Waals surface area contributed by atoms with E-state index in [0.717, 1.165) is 30.9 Å². The highest BCUT2D eigenvalue weighted by molar-refractivity contribution is 5.75. The zero-order valence-corrected chi connectivity index (χ0v) is 18.3. The largest absolute Gasteiger partial charge is 0.425 e. The van der Waals surface area contributed by atoms with E-state index in [0.29, 0.717) is 5.75 Å². The van der Waals surface area contributed by atoms with Crippen LogP contribution in [-0.2, 0) is 11.2 Å². The van der Waals surface area contributed by atoms with Crippen molar-refractivity contribution < 1.29 is 9.53 Å². The maximum Gasteiger partial charge on any atom is 0.314 e. The van der Waals surface area contributed by atoms with Crippen molar-refractivity contribution in [3.63, 3.8) is 0 Å². The molecule has 1 fully saturated rings. The number of esters is 1. The molecule has 0 aliphatic heterocycles. The Morgan fingerprint density at radius 1 is 0.929 bits per heavy atom. The van der Waals surface area contributed by atoms with Crippen LogP contribution in [0.3, 0.4) is 0 Å². The van der Waals surface area contributed by atoms with Crippen LogP contribution in [0.4, 0.5) is 0 Å². The zero-order chi connectivity index (χ0) is 20.0. The summed E-state index contributed by atoms with van der Waals surface area (Å²) in [5.41, 5.74) is 1.09. The fourth-order valence-corrected chi connectivity index (χ4v) is 4.27. The predicted molar refractivity (Wildman–Crippen MR) is 117 cm³/mol. The molecule has 0 unspecified atom stereocenters. The van der Waals surface area contributed by atoms with Crippen molar-refractivity contribution >= 4 is 5.97 Å². The first-order valence-corrected chi connectivity index (χ1v) is 11.9. The molecule has 0 spiro atoms. The Morgan fingerprint density at radius 2 is 1.61 bits per heavy atom. The molecule has 3 heteroatoms. The first-order chi connectivity index (χ1) is 13.7. The lowest BCUT2D eigenvalue weighted by atomic mass is 9.80. The van der Waals surface area contributed by atoms with Gasteiger partial charge in [0.05, 0.1) is 12.1 Å². The molecule has 0 radical (unpaired) electrons. The topological polar surface area (TPSA) is 39.2 Å². The van der Waals surface area contributed by atoms with Gasteiger partial charge in [-0.15, -0.1) is 0 Å². The highest BCUT2D eigenvalue weighted by atomic mass is 16.5. The lowest BCUT2D eigenvalue weighted by Crippen LogP contribution is -2.25. The van der Waals surface area contributed by atoms with E-state index in [9.17, 15) is 4.79 Å². The second kappa shape index (κ2) is 13.7. The van der Waals surface area contributed by atoms with E-state index in [1.165, 1.54) is 77.0 Å². The Morgan fingerprint density at radius 3 is 2.25 bits per heavy atom. The SMILES string of the molecule is CCCCCCCC1CCC(C(=O)Oc2ccc(CCCCCC)nc2)CC1. The average molecular weight is 388 g/mol. The number of rotatable bonds is 13. The number of aryl methyl sites for hydroxylation is 1. The van der Waals surface area contributed by atoms with Crippen molar-refractivity contribution in [2.24, 2.45) is 11.8 Å². The van der Waals surface area contributed by atoms with E-state index >= 15 is 0 Å². The molecular weight excluding hydrogens is 346 g/mol. The van der Waals surface area contributed by atoms with E-state index < -0.39 is 0 Å². The van der Waals surface area contributed by atoms with Crippen LogP contribution in [0.2, 0.25) is 0 Å². The maximum absolute atomic E-state index is 12.5. The summed E-state index contributed by atoms with van der Waals surface area (Å²) in [5.74, 6) is 1.43. The highest BCUT2D eigenvalue weighted by Gasteiger charge is 2.27. The van der Waals surface area contributed by atoms with Crippen molar-refractivity contribution in [1.29, 1.82) is 0 Å². The van der Waals surface area contributed by atoms with E-state index in [1.54, 1.807) is 6.20 Å². The van der Waals surface area contributed by atoms with Crippen LogP contribution in [0.25, 0.3) is 0 Å². The first-order valence-electron chi connectivity index (χ1n) is 11.9. The third kappa shape index (κ3) is 8.75. The van der Waals surface area contributed by atoms with Crippen LogP contribution in [0.15, 0.2) is 18.3 Å². The molecular formula is C25H41NO2. The van der Waals surface area contributed by atoms with Crippen molar-refractivity contribution in [3.8, 4) is 5.75 Å². The van der Waals surface area contributed by atoms with Crippen molar-refractivity contribution in [2.75, 3.05) is 0 Å². The second-order valence-electron chi connectivity index (χ2n) is 8.64. The van der Waals surface area contributed by atoms with Gasteiger partial charge < -0.3 is 4.74 Å². The first kappa shape index (κ1) is 22.9. The van der Waals surface area contributed by atoms with Crippen LogP contribution >= 0.6 is 0 Å².